The van der Waals surface area contributed by atoms with Crippen LogP contribution in [0, 0.1) is 17.2 Å². The Hall–Kier alpha value is -1.04. The molecule has 0 atom stereocenters. The minimum Gasteiger partial charge on any atom is -0.338 e. The maximum atomic E-state index is 12.5. The van der Waals surface area contributed by atoms with Crippen LogP contribution < -0.4 is 5.32 Å². The molecule has 2 rings (SSSR count). The molecule has 1 amide bonds. The van der Waals surface area contributed by atoms with Gasteiger partial charge in [0, 0.05) is 5.92 Å². The first-order valence-electron chi connectivity index (χ1n) is 8.49. The van der Waals surface area contributed by atoms with E-state index in [2.05, 4.69) is 11.4 Å². The van der Waals surface area contributed by atoms with Gasteiger partial charge in [-0.1, -0.05) is 57.8 Å². The van der Waals surface area contributed by atoms with E-state index in [9.17, 15) is 10.1 Å². The van der Waals surface area contributed by atoms with E-state index in [0.29, 0.717) is 0 Å². The third kappa shape index (κ3) is 4.23. The number of carbonyl (C=O) groups is 1. The largest absolute Gasteiger partial charge is 0.338 e. The molecule has 0 aromatic rings. The molecule has 2 aliphatic carbocycles. The third-order valence-electron chi connectivity index (χ3n) is 5.01. The van der Waals surface area contributed by atoms with Gasteiger partial charge in [0.15, 0.2) is 0 Å². The molecule has 0 heterocycles. The van der Waals surface area contributed by atoms with E-state index in [-0.39, 0.29) is 11.8 Å². The van der Waals surface area contributed by atoms with Gasteiger partial charge in [0.2, 0.25) is 5.91 Å². The summed E-state index contributed by atoms with van der Waals surface area (Å²) in [6.45, 7) is 0. The molecule has 0 spiro atoms. The summed E-state index contributed by atoms with van der Waals surface area (Å²) in [5.74, 6) is 0.291. The highest BCUT2D eigenvalue weighted by Crippen LogP contribution is 2.28. The Bertz CT molecular complexity index is 342. The smallest absolute Gasteiger partial charge is 0.224 e. The number of hydrogen-bond acceptors (Lipinski definition) is 2. The van der Waals surface area contributed by atoms with E-state index < -0.39 is 5.54 Å². The van der Waals surface area contributed by atoms with Crippen LogP contribution in [0.5, 0.6) is 0 Å². The van der Waals surface area contributed by atoms with Crippen molar-refractivity contribution in [3.05, 3.63) is 0 Å². The van der Waals surface area contributed by atoms with Gasteiger partial charge in [-0.15, -0.1) is 0 Å². The standard InChI is InChI=1S/C17H28N2O/c18-14-17(12-8-4-5-9-13-17)19-16(20)15-10-6-2-1-3-7-11-15/h15H,1-13H2,(H,19,20). The number of nitrogens with one attached hydrogen (secondary N) is 1. The molecule has 1 N–H and O–H groups in total. The Morgan fingerprint density at radius 3 is 1.95 bits per heavy atom. The predicted molar refractivity (Wildman–Crippen MR) is 80.0 cm³/mol. The van der Waals surface area contributed by atoms with Crippen molar-refractivity contribution in [3.63, 3.8) is 0 Å². The molecule has 2 aliphatic rings. The van der Waals surface area contributed by atoms with E-state index in [1.165, 1.54) is 32.1 Å². The first kappa shape index (κ1) is 15.4. The van der Waals surface area contributed by atoms with Crippen LogP contribution in [0.25, 0.3) is 0 Å². The van der Waals surface area contributed by atoms with Gasteiger partial charge >= 0.3 is 0 Å². The fourth-order valence-corrected chi connectivity index (χ4v) is 3.65. The topological polar surface area (TPSA) is 52.9 Å². The van der Waals surface area contributed by atoms with Crippen molar-refractivity contribution < 1.29 is 4.79 Å². The first-order chi connectivity index (χ1) is 9.76. The normalized spacial score (nSPS) is 24.8. The molecule has 2 saturated carbocycles. The lowest BCUT2D eigenvalue weighted by Crippen LogP contribution is -2.49. The van der Waals surface area contributed by atoms with Crippen LogP contribution in [0.15, 0.2) is 0 Å². The van der Waals surface area contributed by atoms with Crippen LogP contribution in [-0.2, 0) is 4.79 Å². The van der Waals surface area contributed by atoms with E-state index in [1.807, 2.05) is 0 Å². The van der Waals surface area contributed by atoms with Crippen molar-refractivity contribution in [3.8, 4) is 6.07 Å². The molecule has 0 bridgehead atoms. The summed E-state index contributed by atoms with van der Waals surface area (Å²) in [6, 6.07) is 2.42. The second-order valence-electron chi connectivity index (χ2n) is 6.64. The van der Waals surface area contributed by atoms with Gasteiger partial charge in [-0.05, 0) is 25.7 Å². The molecule has 0 radical (unpaired) electrons. The molecule has 20 heavy (non-hydrogen) atoms. The maximum absolute atomic E-state index is 12.5. The summed E-state index contributed by atoms with van der Waals surface area (Å²) >= 11 is 0. The highest BCUT2D eigenvalue weighted by atomic mass is 16.2. The predicted octanol–water partition coefficient (Wildman–Crippen LogP) is 4.08. The summed E-state index contributed by atoms with van der Waals surface area (Å²) in [5, 5.41) is 12.7. The Morgan fingerprint density at radius 2 is 1.40 bits per heavy atom. The highest BCUT2D eigenvalue weighted by Gasteiger charge is 2.34. The number of hydrogen-bond donors (Lipinski definition) is 1. The fraction of sp³-hybridized carbons (Fsp3) is 0.882. The van der Waals surface area contributed by atoms with Gasteiger partial charge in [0.05, 0.1) is 6.07 Å². The molecular weight excluding hydrogens is 248 g/mol. The average Bonchev–Trinajstić information content (AvgIpc) is 2.64. The summed E-state index contributed by atoms with van der Waals surface area (Å²) < 4.78 is 0. The Labute approximate surface area is 123 Å². The molecule has 0 aliphatic heterocycles. The van der Waals surface area contributed by atoms with Crippen molar-refractivity contribution in [2.75, 3.05) is 0 Å². The molecular formula is C17H28N2O. The Morgan fingerprint density at radius 1 is 0.900 bits per heavy atom. The van der Waals surface area contributed by atoms with Gasteiger partial charge < -0.3 is 5.32 Å². The lowest BCUT2D eigenvalue weighted by molar-refractivity contribution is -0.127. The van der Waals surface area contributed by atoms with Gasteiger partial charge in [0.25, 0.3) is 0 Å². The number of carbonyl (C=O) groups excluding carboxylic acids is 1. The van der Waals surface area contributed by atoms with Crippen LogP contribution in [0.1, 0.15) is 83.5 Å². The van der Waals surface area contributed by atoms with Crippen molar-refractivity contribution in [2.24, 2.45) is 5.92 Å². The zero-order valence-electron chi connectivity index (χ0n) is 12.6. The molecule has 0 aromatic carbocycles. The number of rotatable bonds is 2. The van der Waals surface area contributed by atoms with E-state index in [1.54, 1.807) is 0 Å². The lowest BCUT2D eigenvalue weighted by atomic mass is 9.87. The van der Waals surface area contributed by atoms with E-state index in [0.717, 1.165) is 51.4 Å². The van der Waals surface area contributed by atoms with Crippen LogP contribution in [0.2, 0.25) is 0 Å². The minimum atomic E-state index is -0.573. The van der Waals surface area contributed by atoms with Crippen molar-refractivity contribution >= 4 is 5.91 Å². The zero-order chi connectivity index (χ0) is 14.3. The molecule has 2 fully saturated rings. The molecule has 3 heteroatoms. The molecule has 0 saturated heterocycles. The molecule has 0 unspecified atom stereocenters. The van der Waals surface area contributed by atoms with Crippen molar-refractivity contribution in [1.82, 2.24) is 5.32 Å². The molecule has 0 aromatic heterocycles. The number of nitriles is 1. The fourth-order valence-electron chi connectivity index (χ4n) is 3.65. The zero-order valence-corrected chi connectivity index (χ0v) is 12.6. The summed E-state index contributed by atoms with van der Waals surface area (Å²) in [6.07, 6.45) is 14.4. The molecule has 3 nitrogen and oxygen atoms in total. The Kier molecular flexibility index (Phi) is 5.88. The number of nitrogens with zero attached hydrogens (tertiary/aromatic N) is 1. The summed E-state index contributed by atoms with van der Waals surface area (Å²) in [7, 11) is 0. The third-order valence-corrected chi connectivity index (χ3v) is 5.01. The van der Waals surface area contributed by atoms with Gasteiger partial charge in [-0.2, -0.15) is 5.26 Å². The summed E-state index contributed by atoms with van der Waals surface area (Å²) in [5.41, 5.74) is -0.573. The minimum absolute atomic E-state index is 0.142. The second kappa shape index (κ2) is 7.67. The lowest BCUT2D eigenvalue weighted by Gasteiger charge is -2.29. The first-order valence-corrected chi connectivity index (χ1v) is 8.49. The monoisotopic (exact) mass is 276 g/mol. The molecule has 112 valence electrons. The number of amides is 1. The average molecular weight is 276 g/mol. The Balaban J connectivity index is 1.95. The SMILES string of the molecule is N#CC1(NC(=O)C2CCCCCCC2)CCCCCC1. The van der Waals surface area contributed by atoms with Gasteiger partial charge in [-0.25, -0.2) is 0 Å². The van der Waals surface area contributed by atoms with Crippen LogP contribution in [0.3, 0.4) is 0 Å². The van der Waals surface area contributed by atoms with Gasteiger partial charge in [0.1, 0.15) is 5.54 Å². The van der Waals surface area contributed by atoms with E-state index >= 15 is 0 Å². The quantitative estimate of drug-likeness (QED) is 0.773. The maximum Gasteiger partial charge on any atom is 0.224 e. The van der Waals surface area contributed by atoms with Crippen molar-refractivity contribution in [2.45, 2.75) is 89.0 Å². The highest BCUT2D eigenvalue weighted by molar-refractivity contribution is 5.79. The van der Waals surface area contributed by atoms with Crippen molar-refractivity contribution in [1.29, 1.82) is 5.26 Å². The van der Waals surface area contributed by atoms with Crippen LogP contribution in [0.4, 0.5) is 0 Å². The summed E-state index contributed by atoms with van der Waals surface area (Å²) in [4.78, 5) is 12.5. The van der Waals surface area contributed by atoms with Gasteiger partial charge in [-0.3, -0.25) is 4.79 Å². The van der Waals surface area contributed by atoms with Crippen LogP contribution >= 0.6 is 0 Å². The van der Waals surface area contributed by atoms with Crippen LogP contribution in [-0.4, -0.2) is 11.4 Å². The second-order valence-corrected chi connectivity index (χ2v) is 6.64. The van der Waals surface area contributed by atoms with E-state index in [4.69, 9.17) is 0 Å².